The summed E-state index contributed by atoms with van der Waals surface area (Å²) in [7, 11) is -2.40. The number of nitro groups is 1. The molecule has 3 rings (SSSR count). The third-order valence-corrected chi connectivity index (χ3v) is 7.34. The number of thiophene rings is 1. The lowest BCUT2D eigenvalue weighted by Gasteiger charge is -2.27. The van der Waals surface area contributed by atoms with Crippen molar-refractivity contribution in [2.45, 2.75) is 24.2 Å². The van der Waals surface area contributed by atoms with Crippen LogP contribution in [0.15, 0.2) is 35.2 Å². The Labute approximate surface area is 166 Å². The van der Waals surface area contributed by atoms with Gasteiger partial charge in [-0.15, -0.1) is 0 Å². The molecule has 0 saturated carbocycles. The van der Waals surface area contributed by atoms with Gasteiger partial charge in [-0.05, 0) is 31.0 Å². The molecule has 1 saturated heterocycles. The number of nitrogens with one attached hydrogen (secondary N) is 1. The van der Waals surface area contributed by atoms with Gasteiger partial charge in [0, 0.05) is 25.2 Å². The van der Waals surface area contributed by atoms with E-state index in [4.69, 9.17) is 4.74 Å². The minimum Gasteiger partial charge on any atom is -0.497 e. The highest BCUT2D eigenvalue weighted by atomic mass is 32.2. The second-order valence-corrected chi connectivity index (χ2v) is 9.14. The number of rotatable bonds is 6. The molecule has 28 heavy (non-hydrogen) atoms. The fourth-order valence-corrected chi connectivity index (χ4v) is 5.32. The van der Waals surface area contributed by atoms with Crippen molar-refractivity contribution in [2.24, 2.45) is 0 Å². The average Bonchev–Trinajstić information content (AvgIpc) is 3.19. The highest BCUT2D eigenvalue weighted by Gasteiger charge is 2.29. The highest BCUT2D eigenvalue weighted by Crippen LogP contribution is 2.32. The maximum atomic E-state index is 13.1. The summed E-state index contributed by atoms with van der Waals surface area (Å²) in [6.45, 7) is 0.841. The predicted molar refractivity (Wildman–Crippen MR) is 105 cm³/mol. The monoisotopic (exact) mass is 425 g/mol. The van der Waals surface area contributed by atoms with Crippen molar-refractivity contribution in [3.05, 3.63) is 45.3 Å². The minimum atomic E-state index is -3.83. The zero-order chi connectivity index (χ0) is 20.3. The van der Waals surface area contributed by atoms with E-state index in [1.165, 1.54) is 35.7 Å². The van der Waals surface area contributed by atoms with Crippen LogP contribution in [0.2, 0.25) is 0 Å². The Morgan fingerprint density at radius 1 is 1.21 bits per heavy atom. The average molecular weight is 425 g/mol. The van der Waals surface area contributed by atoms with Gasteiger partial charge >= 0.3 is 5.00 Å². The lowest BCUT2D eigenvalue weighted by molar-refractivity contribution is -0.380. The molecule has 150 valence electrons. The van der Waals surface area contributed by atoms with Crippen LogP contribution in [0.1, 0.15) is 28.9 Å². The number of piperidine rings is 1. The third kappa shape index (κ3) is 4.16. The first-order valence-electron chi connectivity index (χ1n) is 8.56. The summed E-state index contributed by atoms with van der Waals surface area (Å²) >= 11 is 0.722. The van der Waals surface area contributed by atoms with Gasteiger partial charge < -0.3 is 10.1 Å². The van der Waals surface area contributed by atoms with Gasteiger partial charge in [-0.2, -0.15) is 4.31 Å². The van der Waals surface area contributed by atoms with E-state index in [0.29, 0.717) is 18.8 Å². The van der Waals surface area contributed by atoms with Crippen LogP contribution in [0.4, 0.5) is 10.7 Å². The van der Waals surface area contributed by atoms with Crippen LogP contribution in [0.25, 0.3) is 0 Å². The molecule has 2 heterocycles. The van der Waals surface area contributed by atoms with E-state index in [2.05, 4.69) is 5.32 Å². The summed E-state index contributed by atoms with van der Waals surface area (Å²) in [5.74, 6) is -0.265. The zero-order valence-electron chi connectivity index (χ0n) is 15.1. The predicted octanol–water partition coefficient (Wildman–Crippen LogP) is 3.09. The number of methoxy groups -OCH3 is 1. The Morgan fingerprint density at radius 2 is 1.93 bits per heavy atom. The molecule has 1 aromatic heterocycles. The number of nitrogens with zero attached hydrogens (tertiary/aromatic N) is 2. The first-order chi connectivity index (χ1) is 13.3. The van der Waals surface area contributed by atoms with Gasteiger partial charge in [0.05, 0.1) is 22.6 Å². The molecule has 1 aliphatic heterocycles. The molecule has 0 unspecified atom stereocenters. The number of benzene rings is 1. The Kier molecular flexibility index (Phi) is 5.96. The third-order valence-electron chi connectivity index (χ3n) is 4.37. The molecule has 11 heteroatoms. The van der Waals surface area contributed by atoms with Crippen molar-refractivity contribution in [3.63, 3.8) is 0 Å². The number of hydrogen-bond donors (Lipinski definition) is 1. The number of amides is 1. The van der Waals surface area contributed by atoms with Crippen molar-refractivity contribution in [1.82, 2.24) is 4.31 Å². The number of hydrogen-bond acceptors (Lipinski definition) is 7. The van der Waals surface area contributed by atoms with Crippen LogP contribution < -0.4 is 10.1 Å². The van der Waals surface area contributed by atoms with E-state index in [0.717, 1.165) is 30.6 Å². The molecule has 1 fully saturated rings. The largest absolute Gasteiger partial charge is 0.497 e. The summed E-state index contributed by atoms with van der Waals surface area (Å²) in [6, 6.07) is 6.94. The van der Waals surface area contributed by atoms with Crippen molar-refractivity contribution in [2.75, 3.05) is 25.5 Å². The first kappa shape index (κ1) is 20.2. The first-order valence-corrected chi connectivity index (χ1v) is 10.8. The van der Waals surface area contributed by atoms with E-state index in [1.54, 1.807) is 6.07 Å². The smallest absolute Gasteiger partial charge is 0.324 e. The van der Waals surface area contributed by atoms with Crippen LogP contribution in [0.3, 0.4) is 0 Å². The highest BCUT2D eigenvalue weighted by molar-refractivity contribution is 7.89. The second-order valence-electron chi connectivity index (χ2n) is 6.18. The standard InChI is InChI=1S/C17H19N3O6S2/c1-26-12-5-6-13(18-17(21)14-7-8-16(27-14)20(22)23)15(11-12)28(24,25)19-9-3-2-4-10-19/h5-8,11H,2-4,9-10H2,1H3,(H,18,21). The summed E-state index contributed by atoms with van der Waals surface area (Å²) < 4.78 is 32.8. The molecule has 0 spiro atoms. The molecular formula is C17H19N3O6S2. The van der Waals surface area contributed by atoms with Gasteiger partial charge in [-0.3, -0.25) is 14.9 Å². The number of sulfonamides is 1. The molecular weight excluding hydrogens is 406 g/mol. The van der Waals surface area contributed by atoms with Crippen LogP contribution in [0, 0.1) is 10.1 Å². The fraction of sp³-hybridized carbons (Fsp3) is 0.353. The Bertz CT molecular complexity index is 996. The molecule has 0 radical (unpaired) electrons. The lowest BCUT2D eigenvalue weighted by atomic mass is 10.2. The molecule has 2 aromatic rings. The van der Waals surface area contributed by atoms with Gasteiger partial charge in [-0.25, -0.2) is 8.42 Å². The number of carbonyl (C=O) groups is 1. The van der Waals surface area contributed by atoms with E-state index in [1.807, 2.05) is 0 Å². The van der Waals surface area contributed by atoms with Crippen LogP contribution in [-0.4, -0.2) is 43.8 Å². The summed E-state index contributed by atoms with van der Waals surface area (Å²) in [5.41, 5.74) is 0.104. The molecule has 0 bridgehead atoms. The fourth-order valence-electron chi connectivity index (χ4n) is 2.92. The Morgan fingerprint density at radius 3 is 2.54 bits per heavy atom. The Hall–Kier alpha value is -2.50. The molecule has 9 nitrogen and oxygen atoms in total. The van der Waals surface area contributed by atoms with E-state index < -0.39 is 20.9 Å². The summed E-state index contributed by atoms with van der Waals surface area (Å²) in [4.78, 5) is 22.8. The minimum absolute atomic E-state index is 0.0619. The Balaban J connectivity index is 1.94. The zero-order valence-corrected chi connectivity index (χ0v) is 16.7. The second kappa shape index (κ2) is 8.25. The molecule has 0 aliphatic carbocycles. The summed E-state index contributed by atoms with van der Waals surface area (Å²) in [6.07, 6.45) is 2.54. The van der Waals surface area contributed by atoms with Crippen molar-refractivity contribution < 1.29 is 22.9 Å². The van der Waals surface area contributed by atoms with Gasteiger partial charge in [0.15, 0.2) is 0 Å². The van der Waals surface area contributed by atoms with Crippen molar-refractivity contribution >= 4 is 38.0 Å². The van der Waals surface area contributed by atoms with Crippen molar-refractivity contribution in [3.8, 4) is 5.75 Å². The molecule has 0 atom stereocenters. The van der Waals surface area contributed by atoms with Gasteiger partial charge in [0.2, 0.25) is 10.0 Å². The van der Waals surface area contributed by atoms with Crippen LogP contribution in [-0.2, 0) is 10.0 Å². The van der Waals surface area contributed by atoms with Gasteiger partial charge in [0.1, 0.15) is 10.6 Å². The maximum absolute atomic E-state index is 13.1. The SMILES string of the molecule is COc1ccc(NC(=O)c2ccc([N+](=O)[O-])s2)c(S(=O)(=O)N2CCCCC2)c1. The quantitative estimate of drug-likeness (QED) is 0.561. The molecule has 1 N–H and O–H groups in total. The van der Waals surface area contributed by atoms with E-state index in [9.17, 15) is 23.3 Å². The normalized spacial score (nSPS) is 15.2. The molecule has 1 aromatic carbocycles. The topological polar surface area (TPSA) is 119 Å². The molecule has 1 amide bonds. The summed E-state index contributed by atoms with van der Waals surface area (Å²) in [5, 5.41) is 13.2. The number of carbonyl (C=O) groups excluding carboxylic acids is 1. The van der Waals surface area contributed by atoms with Crippen LogP contribution >= 0.6 is 11.3 Å². The van der Waals surface area contributed by atoms with Gasteiger partial charge in [-0.1, -0.05) is 17.8 Å². The van der Waals surface area contributed by atoms with E-state index in [-0.39, 0.29) is 20.5 Å². The number of anilines is 1. The lowest BCUT2D eigenvalue weighted by Crippen LogP contribution is -2.36. The van der Waals surface area contributed by atoms with Gasteiger partial charge in [0.25, 0.3) is 5.91 Å². The van der Waals surface area contributed by atoms with Crippen LogP contribution in [0.5, 0.6) is 5.75 Å². The van der Waals surface area contributed by atoms with E-state index >= 15 is 0 Å². The number of ether oxygens (including phenoxy) is 1. The van der Waals surface area contributed by atoms with Crippen molar-refractivity contribution in [1.29, 1.82) is 0 Å². The molecule has 1 aliphatic rings. The maximum Gasteiger partial charge on any atom is 0.324 e.